The second kappa shape index (κ2) is 5.31. The zero-order valence-corrected chi connectivity index (χ0v) is 11.7. The molecule has 0 N–H and O–H groups in total. The van der Waals surface area contributed by atoms with E-state index >= 15 is 0 Å². The summed E-state index contributed by atoms with van der Waals surface area (Å²) >= 11 is 0. The molecule has 0 spiro atoms. The van der Waals surface area contributed by atoms with E-state index in [1.54, 1.807) is 19.1 Å². The predicted octanol–water partition coefficient (Wildman–Crippen LogP) is 3.35. The van der Waals surface area contributed by atoms with Crippen LogP contribution < -0.4 is 0 Å². The molecule has 0 fully saturated rings. The van der Waals surface area contributed by atoms with Gasteiger partial charge in [0.25, 0.3) is 0 Å². The van der Waals surface area contributed by atoms with E-state index in [2.05, 4.69) is 0 Å². The monoisotopic (exact) mass is 297 g/mol. The fourth-order valence-electron chi connectivity index (χ4n) is 2.28. The molecule has 1 aromatic carbocycles. The lowest BCUT2D eigenvalue weighted by Gasteiger charge is -2.26. The lowest BCUT2D eigenvalue weighted by Crippen LogP contribution is -2.23. The SMILES string of the molecule is CC1=C(C#N)C(=C(C#N)C#N)OC1(C)c1cc(F)cc(F)c1. The van der Waals surface area contributed by atoms with Gasteiger partial charge in [0.1, 0.15) is 29.8 Å². The Bertz CT molecular complexity index is 813. The number of hydrogen-bond acceptors (Lipinski definition) is 4. The van der Waals surface area contributed by atoms with Crippen molar-refractivity contribution in [3.05, 3.63) is 57.9 Å². The molecule has 6 heteroatoms. The van der Waals surface area contributed by atoms with Gasteiger partial charge in [-0.15, -0.1) is 0 Å². The molecule has 1 atom stereocenters. The molecule has 0 aliphatic carbocycles. The topological polar surface area (TPSA) is 80.6 Å². The number of nitrogens with zero attached hydrogens (tertiary/aromatic N) is 3. The molecule has 1 unspecified atom stereocenters. The summed E-state index contributed by atoms with van der Waals surface area (Å²) < 4.78 is 32.5. The van der Waals surface area contributed by atoms with Crippen LogP contribution in [0.25, 0.3) is 0 Å². The summed E-state index contributed by atoms with van der Waals surface area (Å²) in [4.78, 5) is 0. The van der Waals surface area contributed by atoms with E-state index in [1.165, 1.54) is 6.92 Å². The Kier molecular flexibility index (Phi) is 3.68. The van der Waals surface area contributed by atoms with Crippen LogP contribution in [0.5, 0.6) is 0 Å². The average molecular weight is 297 g/mol. The normalized spacial score (nSPS) is 20.0. The molecule has 1 aliphatic heterocycles. The van der Waals surface area contributed by atoms with E-state index in [4.69, 9.17) is 15.3 Å². The first-order valence-corrected chi connectivity index (χ1v) is 6.19. The molecule has 0 radical (unpaired) electrons. The summed E-state index contributed by atoms with van der Waals surface area (Å²) in [5.74, 6) is -1.74. The van der Waals surface area contributed by atoms with Crippen molar-refractivity contribution in [2.24, 2.45) is 0 Å². The van der Waals surface area contributed by atoms with Gasteiger partial charge in [-0.1, -0.05) is 0 Å². The van der Waals surface area contributed by atoms with Crippen LogP contribution in [-0.4, -0.2) is 0 Å². The number of nitriles is 3. The van der Waals surface area contributed by atoms with Crippen LogP contribution in [0.1, 0.15) is 19.4 Å². The van der Waals surface area contributed by atoms with Gasteiger partial charge in [-0.05, 0) is 31.6 Å². The van der Waals surface area contributed by atoms with Gasteiger partial charge in [0, 0.05) is 11.6 Å². The summed E-state index contributed by atoms with van der Waals surface area (Å²) in [6, 6.07) is 8.07. The number of benzene rings is 1. The maximum Gasteiger partial charge on any atom is 0.172 e. The molecule has 1 heterocycles. The van der Waals surface area contributed by atoms with Crippen LogP contribution >= 0.6 is 0 Å². The Morgan fingerprint density at radius 1 is 1.09 bits per heavy atom. The summed E-state index contributed by atoms with van der Waals surface area (Å²) in [6.45, 7) is 3.08. The first-order valence-electron chi connectivity index (χ1n) is 6.19. The minimum atomic E-state index is -1.33. The molecule has 22 heavy (non-hydrogen) atoms. The van der Waals surface area contributed by atoms with Gasteiger partial charge in [-0.2, -0.15) is 15.8 Å². The van der Waals surface area contributed by atoms with Gasteiger partial charge in [-0.25, -0.2) is 8.78 Å². The van der Waals surface area contributed by atoms with E-state index in [1.807, 2.05) is 6.07 Å². The molecule has 4 nitrogen and oxygen atoms in total. The number of ether oxygens (including phenoxy) is 1. The molecule has 1 aromatic rings. The third-order valence-corrected chi connectivity index (χ3v) is 3.60. The quantitative estimate of drug-likeness (QED) is 0.744. The van der Waals surface area contributed by atoms with E-state index in [-0.39, 0.29) is 22.5 Å². The van der Waals surface area contributed by atoms with Crippen molar-refractivity contribution in [2.45, 2.75) is 19.4 Å². The first-order chi connectivity index (χ1) is 10.4. The lowest BCUT2D eigenvalue weighted by atomic mass is 9.87. The second-order valence-corrected chi connectivity index (χ2v) is 4.83. The lowest BCUT2D eigenvalue weighted by molar-refractivity contribution is 0.0722. The van der Waals surface area contributed by atoms with Crippen molar-refractivity contribution in [1.82, 2.24) is 0 Å². The molecule has 0 aromatic heterocycles. The van der Waals surface area contributed by atoms with Gasteiger partial charge in [0.2, 0.25) is 0 Å². The molecule has 108 valence electrons. The van der Waals surface area contributed by atoms with Crippen molar-refractivity contribution < 1.29 is 13.5 Å². The van der Waals surface area contributed by atoms with E-state index < -0.39 is 17.2 Å². The Morgan fingerprint density at radius 3 is 2.09 bits per heavy atom. The summed E-state index contributed by atoms with van der Waals surface area (Å²) in [5.41, 5.74) is -1.15. The third kappa shape index (κ3) is 2.20. The molecular formula is C16H9F2N3O. The van der Waals surface area contributed by atoms with Crippen LogP contribution in [0.15, 0.2) is 40.7 Å². The summed E-state index contributed by atoms with van der Waals surface area (Å²) in [7, 11) is 0. The number of rotatable bonds is 1. The van der Waals surface area contributed by atoms with Crippen molar-refractivity contribution in [3.63, 3.8) is 0 Å². The Labute approximate surface area is 125 Å². The fraction of sp³-hybridized carbons (Fsp3) is 0.188. The molecule has 0 saturated heterocycles. The second-order valence-electron chi connectivity index (χ2n) is 4.83. The maximum atomic E-state index is 13.5. The van der Waals surface area contributed by atoms with Crippen molar-refractivity contribution in [1.29, 1.82) is 15.8 Å². The number of halogens is 2. The minimum absolute atomic E-state index is 0.0188. The van der Waals surface area contributed by atoms with Crippen molar-refractivity contribution in [3.8, 4) is 18.2 Å². The highest BCUT2D eigenvalue weighted by atomic mass is 19.1. The van der Waals surface area contributed by atoms with Crippen LogP contribution in [0, 0.1) is 45.6 Å². The Balaban J connectivity index is 2.72. The van der Waals surface area contributed by atoms with Gasteiger partial charge in [0.15, 0.2) is 16.9 Å². The van der Waals surface area contributed by atoms with E-state index in [0.29, 0.717) is 5.57 Å². The molecule has 1 aliphatic rings. The largest absolute Gasteiger partial charge is 0.475 e. The maximum absolute atomic E-state index is 13.5. The molecule has 2 rings (SSSR count). The van der Waals surface area contributed by atoms with Crippen molar-refractivity contribution in [2.75, 3.05) is 0 Å². The van der Waals surface area contributed by atoms with E-state index in [0.717, 1.165) is 18.2 Å². The van der Waals surface area contributed by atoms with Gasteiger partial charge < -0.3 is 4.74 Å². The highest BCUT2D eigenvalue weighted by Crippen LogP contribution is 2.46. The highest BCUT2D eigenvalue weighted by Gasteiger charge is 2.43. The molecule has 0 amide bonds. The fourth-order valence-corrected chi connectivity index (χ4v) is 2.28. The average Bonchev–Trinajstić information content (AvgIpc) is 2.72. The Hall–Kier alpha value is -3.17. The number of hydrogen-bond donors (Lipinski definition) is 0. The zero-order valence-electron chi connectivity index (χ0n) is 11.7. The smallest absolute Gasteiger partial charge is 0.172 e. The zero-order chi connectivity index (χ0) is 16.5. The predicted molar refractivity (Wildman–Crippen MR) is 71.4 cm³/mol. The first kappa shape index (κ1) is 15.2. The summed E-state index contributed by atoms with van der Waals surface area (Å²) in [5, 5.41) is 27.2. The third-order valence-electron chi connectivity index (χ3n) is 3.60. The van der Waals surface area contributed by atoms with Crippen LogP contribution in [0.4, 0.5) is 8.78 Å². The van der Waals surface area contributed by atoms with Crippen molar-refractivity contribution >= 4 is 0 Å². The minimum Gasteiger partial charge on any atom is -0.475 e. The molecular weight excluding hydrogens is 288 g/mol. The van der Waals surface area contributed by atoms with Gasteiger partial charge in [-0.3, -0.25) is 0 Å². The highest BCUT2D eigenvalue weighted by molar-refractivity contribution is 5.58. The van der Waals surface area contributed by atoms with Gasteiger partial charge >= 0.3 is 0 Å². The van der Waals surface area contributed by atoms with Gasteiger partial charge in [0.05, 0.1) is 5.57 Å². The molecule has 0 bridgehead atoms. The van der Waals surface area contributed by atoms with E-state index in [9.17, 15) is 14.0 Å². The standard InChI is InChI=1S/C16H9F2N3O/c1-9-14(8-21)15(10(6-19)7-20)22-16(9,2)11-3-12(17)5-13(18)4-11/h3-5H,1-2H3. The summed E-state index contributed by atoms with van der Waals surface area (Å²) in [6.07, 6.45) is 0. The van der Waals surface area contributed by atoms with Crippen LogP contribution in [-0.2, 0) is 10.3 Å². The Morgan fingerprint density at radius 2 is 1.64 bits per heavy atom. The van der Waals surface area contributed by atoms with Crippen LogP contribution in [0.3, 0.4) is 0 Å². The molecule has 0 saturated carbocycles. The van der Waals surface area contributed by atoms with Crippen LogP contribution in [0.2, 0.25) is 0 Å². The number of allylic oxidation sites excluding steroid dienone is 2.